The number of hydrogen-bond donors (Lipinski definition) is 2. The lowest BCUT2D eigenvalue weighted by Crippen LogP contribution is -2.49. The Morgan fingerprint density at radius 1 is 0.571 bits per heavy atom. The standard InChI is InChI=1S/C31H40N8O3/c40-25(21-34-13-17-36(18-14-34)29-9-3-5-11-32-29)23-38-27-7-1-2-8-28(27)39(31(38)42)24-26(41)22-35-15-19-37(20-16-35)30-10-4-6-12-33-30/h1-12,25-26,40-41H,13-24H2/t25-,26-/m0/s1. The van der Waals surface area contributed by atoms with Gasteiger partial charge in [-0.1, -0.05) is 24.3 Å². The Balaban J connectivity index is 1.05. The van der Waals surface area contributed by atoms with Gasteiger partial charge in [0.15, 0.2) is 0 Å². The fourth-order valence-corrected chi connectivity index (χ4v) is 6.16. The molecule has 2 N–H and O–H groups in total. The summed E-state index contributed by atoms with van der Waals surface area (Å²) in [4.78, 5) is 31.5. The third-order valence-electron chi connectivity index (χ3n) is 8.34. The molecular formula is C31H40N8O3. The van der Waals surface area contributed by atoms with Crippen LogP contribution in [0.15, 0.2) is 77.9 Å². The zero-order valence-electron chi connectivity index (χ0n) is 23.9. The Kier molecular flexibility index (Phi) is 8.80. The molecule has 2 atom stereocenters. The molecule has 0 saturated carbocycles. The minimum Gasteiger partial charge on any atom is -0.390 e. The molecule has 0 unspecified atom stereocenters. The molecule has 11 heteroatoms. The molecule has 2 saturated heterocycles. The largest absolute Gasteiger partial charge is 0.390 e. The monoisotopic (exact) mass is 572 g/mol. The van der Waals surface area contributed by atoms with Crippen LogP contribution in [0.3, 0.4) is 0 Å². The van der Waals surface area contributed by atoms with Crippen molar-refractivity contribution in [3.8, 4) is 0 Å². The Morgan fingerprint density at radius 2 is 0.976 bits per heavy atom. The van der Waals surface area contributed by atoms with Crippen molar-refractivity contribution in [2.45, 2.75) is 25.3 Å². The van der Waals surface area contributed by atoms with E-state index in [9.17, 15) is 15.0 Å². The third kappa shape index (κ3) is 6.49. The zero-order valence-corrected chi connectivity index (χ0v) is 23.9. The summed E-state index contributed by atoms with van der Waals surface area (Å²) in [6.45, 7) is 8.09. The number of benzene rings is 1. The molecule has 3 aromatic heterocycles. The topological polar surface area (TPSA) is 106 Å². The number of nitrogens with zero attached hydrogens (tertiary/aromatic N) is 8. The van der Waals surface area contributed by atoms with Gasteiger partial charge >= 0.3 is 5.69 Å². The summed E-state index contributed by atoms with van der Waals surface area (Å²) in [6, 6.07) is 19.5. The highest BCUT2D eigenvalue weighted by molar-refractivity contribution is 5.76. The predicted octanol–water partition coefficient (Wildman–Crippen LogP) is 0.959. The fraction of sp³-hybridized carbons (Fsp3) is 0.452. The van der Waals surface area contributed by atoms with E-state index in [2.05, 4.69) is 29.6 Å². The van der Waals surface area contributed by atoms with E-state index in [1.807, 2.05) is 73.1 Å². The van der Waals surface area contributed by atoms with Gasteiger partial charge in [-0.15, -0.1) is 0 Å². The lowest BCUT2D eigenvalue weighted by Gasteiger charge is -2.36. The van der Waals surface area contributed by atoms with Gasteiger partial charge in [0, 0.05) is 77.8 Å². The maximum absolute atomic E-state index is 13.6. The van der Waals surface area contributed by atoms with E-state index >= 15 is 0 Å². The smallest absolute Gasteiger partial charge is 0.329 e. The molecule has 1 aromatic carbocycles. The summed E-state index contributed by atoms with van der Waals surface area (Å²) in [5.74, 6) is 1.96. The van der Waals surface area contributed by atoms with E-state index in [4.69, 9.17) is 0 Å². The molecule has 42 heavy (non-hydrogen) atoms. The molecule has 2 fully saturated rings. The summed E-state index contributed by atoms with van der Waals surface area (Å²) < 4.78 is 3.31. The molecule has 4 aromatic rings. The van der Waals surface area contributed by atoms with Crippen LogP contribution in [0.1, 0.15) is 0 Å². The molecule has 0 radical (unpaired) electrons. The van der Waals surface area contributed by atoms with Crippen molar-refractivity contribution < 1.29 is 10.2 Å². The highest BCUT2D eigenvalue weighted by Gasteiger charge is 2.24. The van der Waals surface area contributed by atoms with Crippen LogP contribution in [0.5, 0.6) is 0 Å². The Labute approximate surface area is 245 Å². The van der Waals surface area contributed by atoms with Gasteiger partial charge in [0.2, 0.25) is 0 Å². The number of β-amino-alcohol motifs (C(OH)–C–C–N with tert-alkyl or cyclic N) is 2. The summed E-state index contributed by atoms with van der Waals surface area (Å²) in [5, 5.41) is 22.1. The van der Waals surface area contributed by atoms with Crippen LogP contribution in [0, 0.1) is 0 Å². The SMILES string of the molecule is O=c1n(C[C@@H](O)CN2CCN(c3ccccn3)CC2)c2ccccc2n1C[C@@H](O)CN1CCN(c2ccccn2)CC1. The van der Waals surface area contributed by atoms with Crippen molar-refractivity contribution >= 4 is 22.7 Å². The van der Waals surface area contributed by atoms with Crippen molar-refractivity contribution in [3.05, 3.63) is 83.5 Å². The van der Waals surface area contributed by atoms with Crippen LogP contribution in [0.25, 0.3) is 11.0 Å². The summed E-state index contributed by atoms with van der Waals surface area (Å²) in [5.41, 5.74) is 1.35. The predicted molar refractivity (Wildman–Crippen MR) is 164 cm³/mol. The van der Waals surface area contributed by atoms with Crippen LogP contribution in [-0.2, 0) is 13.1 Å². The maximum atomic E-state index is 13.6. The van der Waals surface area contributed by atoms with Crippen molar-refractivity contribution in [1.29, 1.82) is 0 Å². The molecule has 5 heterocycles. The molecule has 222 valence electrons. The van der Waals surface area contributed by atoms with Gasteiger partial charge in [0.1, 0.15) is 11.6 Å². The number of fused-ring (bicyclic) bond motifs is 1. The number of aliphatic hydroxyl groups excluding tert-OH is 2. The fourth-order valence-electron chi connectivity index (χ4n) is 6.16. The normalized spacial score (nSPS) is 18.4. The van der Waals surface area contributed by atoms with Gasteiger partial charge in [-0.05, 0) is 36.4 Å². The van der Waals surface area contributed by atoms with Crippen LogP contribution >= 0.6 is 0 Å². The van der Waals surface area contributed by atoms with E-state index in [0.29, 0.717) is 13.1 Å². The number of anilines is 2. The van der Waals surface area contributed by atoms with Gasteiger partial charge < -0.3 is 20.0 Å². The molecule has 6 rings (SSSR count). The Hall–Kier alpha value is -3.77. The minimum absolute atomic E-state index is 0.200. The maximum Gasteiger partial charge on any atom is 0.329 e. The second kappa shape index (κ2) is 13.0. The van der Waals surface area contributed by atoms with Crippen molar-refractivity contribution in [3.63, 3.8) is 0 Å². The number of piperazine rings is 2. The number of pyridine rings is 2. The molecule has 2 aliphatic rings. The first-order valence-corrected chi connectivity index (χ1v) is 14.9. The van der Waals surface area contributed by atoms with Gasteiger partial charge in [-0.2, -0.15) is 0 Å². The number of aliphatic hydroxyl groups is 2. The van der Waals surface area contributed by atoms with E-state index in [-0.39, 0.29) is 18.8 Å². The molecule has 11 nitrogen and oxygen atoms in total. The van der Waals surface area contributed by atoms with Crippen LogP contribution < -0.4 is 15.5 Å². The number of imidazole rings is 1. The average molecular weight is 573 g/mol. The summed E-state index contributed by atoms with van der Waals surface area (Å²) in [7, 11) is 0. The van der Waals surface area contributed by atoms with E-state index in [1.54, 1.807) is 9.13 Å². The molecule has 0 bridgehead atoms. The lowest BCUT2D eigenvalue weighted by atomic mass is 10.2. The van der Waals surface area contributed by atoms with Crippen LogP contribution in [0.4, 0.5) is 11.6 Å². The number of hydrogen-bond acceptors (Lipinski definition) is 9. The summed E-state index contributed by atoms with van der Waals surface area (Å²) in [6.07, 6.45) is 2.24. The summed E-state index contributed by atoms with van der Waals surface area (Å²) >= 11 is 0. The van der Waals surface area contributed by atoms with Gasteiger partial charge in [-0.25, -0.2) is 14.8 Å². The number of aromatic nitrogens is 4. The third-order valence-corrected chi connectivity index (χ3v) is 8.34. The van der Waals surface area contributed by atoms with E-state index in [1.165, 1.54) is 0 Å². The van der Waals surface area contributed by atoms with Crippen molar-refractivity contribution in [2.24, 2.45) is 0 Å². The Bertz CT molecular complexity index is 1370. The van der Waals surface area contributed by atoms with Crippen molar-refractivity contribution in [1.82, 2.24) is 28.9 Å². The molecular weight excluding hydrogens is 532 g/mol. The first kappa shape index (κ1) is 28.4. The highest BCUT2D eigenvalue weighted by atomic mass is 16.3. The van der Waals surface area contributed by atoms with Gasteiger partial charge in [0.25, 0.3) is 0 Å². The quantitative estimate of drug-likeness (QED) is 0.288. The number of rotatable bonds is 10. The number of para-hydroxylation sites is 2. The molecule has 0 amide bonds. The van der Waals surface area contributed by atoms with Crippen LogP contribution in [0.2, 0.25) is 0 Å². The van der Waals surface area contributed by atoms with E-state index < -0.39 is 12.2 Å². The van der Waals surface area contributed by atoms with Crippen molar-refractivity contribution in [2.75, 3.05) is 75.2 Å². The van der Waals surface area contributed by atoms with Crippen LogP contribution in [-0.4, -0.2) is 117 Å². The van der Waals surface area contributed by atoms with E-state index in [0.717, 1.165) is 75.0 Å². The average Bonchev–Trinajstić information content (AvgIpc) is 3.28. The second-order valence-corrected chi connectivity index (χ2v) is 11.3. The molecule has 0 aliphatic carbocycles. The second-order valence-electron chi connectivity index (χ2n) is 11.3. The lowest BCUT2D eigenvalue weighted by molar-refractivity contribution is 0.0910. The first-order chi connectivity index (χ1) is 20.5. The molecule has 2 aliphatic heterocycles. The first-order valence-electron chi connectivity index (χ1n) is 14.9. The zero-order chi connectivity index (χ0) is 28.9. The Morgan fingerprint density at radius 3 is 1.36 bits per heavy atom. The molecule has 0 spiro atoms. The minimum atomic E-state index is -0.691. The highest BCUT2D eigenvalue weighted by Crippen LogP contribution is 2.17. The van der Waals surface area contributed by atoms with Gasteiger partial charge in [0.05, 0.1) is 36.3 Å². The van der Waals surface area contributed by atoms with Gasteiger partial charge in [-0.3, -0.25) is 18.9 Å².